The van der Waals surface area contributed by atoms with Crippen LogP contribution < -0.4 is 5.32 Å². The molecule has 0 saturated heterocycles. The van der Waals surface area contributed by atoms with Crippen molar-refractivity contribution in [2.75, 3.05) is 0 Å². The summed E-state index contributed by atoms with van der Waals surface area (Å²) in [7, 11) is 0. The summed E-state index contributed by atoms with van der Waals surface area (Å²) < 4.78 is 1.83. The molecule has 0 spiro atoms. The Morgan fingerprint density at radius 1 is 1.22 bits per heavy atom. The van der Waals surface area contributed by atoms with Crippen molar-refractivity contribution in [1.29, 1.82) is 5.26 Å². The third-order valence-corrected chi connectivity index (χ3v) is 6.01. The van der Waals surface area contributed by atoms with Gasteiger partial charge in [0.1, 0.15) is 17.3 Å². The molecule has 2 atom stereocenters. The number of hydrogen-bond acceptors (Lipinski definition) is 4. The summed E-state index contributed by atoms with van der Waals surface area (Å²) in [6.07, 6.45) is 11.3. The number of carbonyl (C=O) groups excluding carboxylic acids is 1. The van der Waals surface area contributed by atoms with Crippen LogP contribution in [0.2, 0.25) is 0 Å². The fourth-order valence-electron chi connectivity index (χ4n) is 4.20. The van der Waals surface area contributed by atoms with Crippen molar-refractivity contribution in [3.05, 3.63) is 77.8 Å². The van der Waals surface area contributed by atoms with Crippen molar-refractivity contribution >= 4 is 12.0 Å². The molecule has 6 nitrogen and oxygen atoms in total. The topological polar surface area (TPSA) is 83.6 Å². The van der Waals surface area contributed by atoms with Crippen LogP contribution in [-0.4, -0.2) is 26.7 Å². The van der Waals surface area contributed by atoms with Gasteiger partial charge in [-0.05, 0) is 42.5 Å². The fraction of sp³-hybridized carbons (Fsp3) is 0.308. The first-order valence-electron chi connectivity index (χ1n) is 11.1. The Labute approximate surface area is 188 Å². The molecule has 2 heterocycles. The SMILES string of the molecule is C[C@@H]1CCCC[C@H]1NC(=O)/C(C#N)=C/c1cn(Cc2ccccc2)nc1-c1cccnc1. The number of aromatic nitrogens is 3. The summed E-state index contributed by atoms with van der Waals surface area (Å²) in [5.41, 5.74) is 3.46. The molecule has 1 fully saturated rings. The van der Waals surface area contributed by atoms with Gasteiger partial charge in [-0.3, -0.25) is 14.5 Å². The number of rotatable bonds is 6. The first-order valence-corrected chi connectivity index (χ1v) is 11.1. The summed E-state index contributed by atoms with van der Waals surface area (Å²) >= 11 is 0. The largest absolute Gasteiger partial charge is 0.348 e. The van der Waals surface area contributed by atoms with Crippen molar-refractivity contribution in [3.8, 4) is 17.3 Å². The Morgan fingerprint density at radius 2 is 2.03 bits per heavy atom. The standard InChI is InChI=1S/C26H27N5O/c1-19-8-5-6-12-24(19)29-26(32)22(15-27)14-23-18-31(17-20-9-3-2-4-10-20)30-25(23)21-11-7-13-28-16-21/h2-4,7,9-11,13-14,16,18-19,24H,5-6,8,12,17H2,1H3,(H,29,32)/b22-14+/t19-,24-/m1/s1. The molecule has 2 aromatic heterocycles. The Kier molecular flexibility index (Phi) is 6.76. The molecular formula is C26H27N5O. The van der Waals surface area contributed by atoms with Crippen molar-refractivity contribution in [2.45, 2.75) is 45.2 Å². The number of nitrogens with one attached hydrogen (secondary N) is 1. The van der Waals surface area contributed by atoms with E-state index in [0.717, 1.165) is 36.0 Å². The van der Waals surface area contributed by atoms with E-state index in [1.165, 1.54) is 6.42 Å². The highest BCUT2D eigenvalue weighted by Gasteiger charge is 2.24. The van der Waals surface area contributed by atoms with Crippen LogP contribution in [-0.2, 0) is 11.3 Å². The maximum Gasteiger partial charge on any atom is 0.262 e. The molecule has 4 rings (SSSR count). The molecule has 1 amide bonds. The van der Waals surface area contributed by atoms with E-state index < -0.39 is 0 Å². The monoisotopic (exact) mass is 425 g/mol. The van der Waals surface area contributed by atoms with Crippen LogP contribution in [0.5, 0.6) is 0 Å². The maximum absolute atomic E-state index is 12.9. The second kappa shape index (κ2) is 10.1. The smallest absolute Gasteiger partial charge is 0.262 e. The van der Waals surface area contributed by atoms with Gasteiger partial charge in [0.2, 0.25) is 0 Å². The molecule has 32 heavy (non-hydrogen) atoms. The van der Waals surface area contributed by atoms with Gasteiger partial charge in [-0.2, -0.15) is 10.4 Å². The highest BCUT2D eigenvalue weighted by atomic mass is 16.1. The molecule has 0 bridgehead atoms. The Hall–Kier alpha value is -3.72. The minimum atomic E-state index is -0.320. The Bertz CT molecular complexity index is 1130. The van der Waals surface area contributed by atoms with Crippen molar-refractivity contribution in [1.82, 2.24) is 20.1 Å². The molecule has 1 saturated carbocycles. The molecule has 0 radical (unpaired) electrons. The Balaban J connectivity index is 1.64. The van der Waals surface area contributed by atoms with Gasteiger partial charge in [-0.15, -0.1) is 0 Å². The lowest BCUT2D eigenvalue weighted by Crippen LogP contribution is -2.41. The lowest BCUT2D eigenvalue weighted by molar-refractivity contribution is -0.118. The van der Waals surface area contributed by atoms with E-state index in [1.54, 1.807) is 18.5 Å². The summed E-state index contributed by atoms with van der Waals surface area (Å²) in [5.74, 6) is 0.103. The van der Waals surface area contributed by atoms with Crippen LogP contribution >= 0.6 is 0 Å². The van der Waals surface area contributed by atoms with E-state index in [2.05, 4.69) is 23.3 Å². The van der Waals surface area contributed by atoms with Crippen LogP contribution in [0, 0.1) is 17.2 Å². The van der Waals surface area contributed by atoms with Crippen LogP contribution in [0.25, 0.3) is 17.3 Å². The summed E-state index contributed by atoms with van der Waals surface area (Å²) in [4.78, 5) is 17.1. The highest BCUT2D eigenvalue weighted by Crippen LogP contribution is 2.26. The average molecular weight is 426 g/mol. The van der Waals surface area contributed by atoms with E-state index >= 15 is 0 Å². The first-order chi connectivity index (χ1) is 15.6. The number of nitriles is 1. The lowest BCUT2D eigenvalue weighted by Gasteiger charge is -2.29. The van der Waals surface area contributed by atoms with Crippen molar-refractivity contribution in [2.24, 2.45) is 5.92 Å². The molecule has 0 unspecified atom stereocenters. The molecule has 1 N–H and O–H groups in total. The van der Waals surface area contributed by atoms with Gasteiger partial charge < -0.3 is 5.32 Å². The van der Waals surface area contributed by atoms with E-state index in [0.29, 0.717) is 18.2 Å². The zero-order valence-electron chi connectivity index (χ0n) is 18.2. The molecule has 6 heteroatoms. The predicted octanol–water partition coefficient (Wildman–Crippen LogP) is 4.60. The van der Waals surface area contributed by atoms with E-state index in [-0.39, 0.29) is 17.5 Å². The van der Waals surface area contributed by atoms with Gasteiger partial charge in [-0.25, -0.2) is 0 Å². The summed E-state index contributed by atoms with van der Waals surface area (Å²) in [6, 6.07) is 16.0. The number of hydrogen-bond donors (Lipinski definition) is 1. The molecule has 1 aliphatic carbocycles. The number of carbonyl (C=O) groups is 1. The van der Waals surface area contributed by atoms with Crippen LogP contribution in [0.1, 0.15) is 43.7 Å². The van der Waals surface area contributed by atoms with Crippen molar-refractivity contribution in [3.63, 3.8) is 0 Å². The summed E-state index contributed by atoms with van der Waals surface area (Å²) in [6.45, 7) is 2.75. The molecule has 1 aromatic carbocycles. The number of nitrogens with zero attached hydrogens (tertiary/aromatic N) is 4. The lowest BCUT2D eigenvalue weighted by atomic mass is 9.86. The highest BCUT2D eigenvalue weighted by molar-refractivity contribution is 6.02. The zero-order chi connectivity index (χ0) is 22.3. The number of benzene rings is 1. The first kappa shape index (κ1) is 21.5. The van der Waals surface area contributed by atoms with Gasteiger partial charge in [0.05, 0.1) is 6.54 Å². The van der Waals surface area contributed by atoms with Crippen LogP contribution in [0.3, 0.4) is 0 Å². The molecule has 162 valence electrons. The van der Waals surface area contributed by atoms with Crippen molar-refractivity contribution < 1.29 is 4.79 Å². The van der Waals surface area contributed by atoms with Gasteiger partial charge in [0.25, 0.3) is 5.91 Å². The second-order valence-corrected chi connectivity index (χ2v) is 8.37. The molecule has 3 aromatic rings. The number of pyridine rings is 1. The third kappa shape index (κ3) is 5.12. The zero-order valence-corrected chi connectivity index (χ0v) is 18.2. The van der Waals surface area contributed by atoms with Gasteiger partial charge in [0.15, 0.2) is 0 Å². The fourth-order valence-corrected chi connectivity index (χ4v) is 4.20. The quantitative estimate of drug-likeness (QED) is 0.462. The van der Waals surface area contributed by atoms with Gasteiger partial charge >= 0.3 is 0 Å². The van der Waals surface area contributed by atoms with E-state index in [9.17, 15) is 10.1 Å². The molecule has 1 aliphatic rings. The maximum atomic E-state index is 12.9. The van der Waals surface area contributed by atoms with Gasteiger partial charge in [0, 0.05) is 35.8 Å². The van der Waals surface area contributed by atoms with Gasteiger partial charge in [-0.1, -0.05) is 50.1 Å². The molecule has 0 aliphatic heterocycles. The van der Waals surface area contributed by atoms with Crippen LogP contribution in [0.15, 0.2) is 66.6 Å². The second-order valence-electron chi connectivity index (χ2n) is 8.37. The normalized spacial score (nSPS) is 18.7. The van der Waals surface area contributed by atoms with E-state index in [4.69, 9.17) is 5.10 Å². The predicted molar refractivity (Wildman–Crippen MR) is 124 cm³/mol. The summed E-state index contributed by atoms with van der Waals surface area (Å²) in [5, 5.41) is 17.6. The third-order valence-electron chi connectivity index (χ3n) is 6.01. The average Bonchev–Trinajstić information content (AvgIpc) is 3.22. The van der Waals surface area contributed by atoms with Crippen LogP contribution in [0.4, 0.5) is 0 Å². The minimum Gasteiger partial charge on any atom is -0.348 e. The number of amides is 1. The Morgan fingerprint density at radius 3 is 2.75 bits per heavy atom. The van der Waals surface area contributed by atoms with E-state index in [1.807, 2.05) is 53.3 Å². The minimum absolute atomic E-state index is 0.0900. The molecular weight excluding hydrogens is 398 g/mol.